The highest BCUT2D eigenvalue weighted by molar-refractivity contribution is 5.60. The van der Waals surface area contributed by atoms with Crippen molar-refractivity contribution >= 4 is 23.3 Å². The zero-order chi connectivity index (χ0) is 12.4. The van der Waals surface area contributed by atoms with E-state index in [2.05, 4.69) is 20.6 Å². The van der Waals surface area contributed by atoms with E-state index in [0.29, 0.717) is 11.9 Å². The Morgan fingerprint density at radius 3 is 2.50 bits per heavy atom. The van der Waals surface area contributed by atoms with Crippen LogP contribution in [0.25, 0.3) is 0 Å². The summed E-state index contributed by atoms with van der Waals surface area (Å²) in [5.41, 5.74) is 6.69. The Kier molecular flexibility index (Phi) is 2.72. The second-order valence-electron chi connectivity index (χ2n) is 4.41. The lowest BCUT2D eigenvalue weighted by Crippen LogP contribution is -2.07. The standard InChI is InChI=1S/C13H15N5/c14-13-17-11(15-9-4-2-1-3-5-9)8-12(18-13)16-10-6-7-10/h1-5,8,10H,6-7H2,(H4,14,15,16,17,18). The maximum absolute atomic E-state index is 5.71. The third kappa shape index (κ3) is 2.68. The van der Waals surface area contributed by atoms with Gasteiger partial charge in [0.15, 0.2) is 0 Å². The molecule has 0 spiro atoms. The Morgan fingerprint density at radius 1 is 1.06 bits per heavy atom. The van der Waals surface area contributed by atoms with Crippen molar-refractivity contribution < 1.29 is 0 Å². The number of aromatic nitrogens is 2. The number of nitrogens with zero attached hydrogens (tertiary/aromatic N) is 2. The number of hydrogen-bond donors (Lipinski definition) is 3. The van der Waals surface area contributed by atoms with Gasteiger partial charge in [-0.15, -0.1) is 0 Å². The van der Waals surface area contributed by atoms with Gasteiger partial charge in [-0.1, -0.05) is 18.2 Å². The number of nitrogen functional groups attached to an aromatic ring is 1. The van der Waals surface area contributed by atoms with Crippen LogP contribution in [0.4, 0.5) is 23.3 Å². The van der Waals surface area contributed by atoms with Crippen LogP contribution < -0.4 is 16.4 Å². The minimum Gasteiger partial charge on any atom is -0.368 e. The Hall–Kier alpha value is -2.30. The van der Waals surface area contributed by atoms with Crippen LogP contribution in [-0.4, -0.2) is 16.0 Å². The normalized spacial score (nSPS) is 14.2. The molecule has 2 aromatic rings. The van der Waals surface area contributed by atoms with E-state index in [-0.39, 0.29) is 5.95 Å². The molecular formula is C13H15N5. The number of hydrogen-bond acceptors (Lipinski definition) is 5. The molecule has 1 aromatic heterocycles. The second-order valence-corrected chi connectivity index (χ2v) is 4.41. The molecule has 1 saturated carbocycles. The van der Waals surface area contributed by atoms with Crippen molar-refractivity contribution in [3.05, 3.63) is 36.4 Å². The summed E-state index contributed by atoms with van der Waals surface area (Å²) in [6.07, 6.45) is 2.40. The fourth-order valence-electron chi connectivity index (χ4n) is 1.71. The van der Waals surface area contributed by atoms with Gasteiger partial charge in [-0.3, -0.25) is 0 Å². The van der Waals surface area contributed by atoms with Gasteiger partial charge in [0.05, 0.1) is 0 Å². The number of rotatable bonds is 4. The molecule has 92 valence electrons. The van der Waals surface area contributed by atoms with Gasteiger partial charge in [0, 0.05) is 17.8 Å². The fraction of sp³-hybridized carbons (Fsp3) is 0.231. The summed E-state index contributed by atoms with van der Waals surface area (Å²) in [4.78, 5) is 8.34. The topological polar surface area (TPSA) is 75.9 Å². The smallest absolute Gasteiger partial charge is 0.223 e. The van der Waals surface area contributed by atoms with Gasteiger partial charge in [0.2, 0.25) is 5.95 Å². The molecule has 0 radical (unpaired) electrons. The Bertz CT molecular complexity index is 536. The quantitative estimate of drug-likeness (QED) is 0.766. The van der Waals surface area contributed by atoms with E-state index in [1.165, 1.54) is 12.8 Å². The first-order valence-corrected chi connectivity index (χ1v) is 6.03. The number of para-hydroxylation sites is 1. The largest absolute Gasteiger partial charge is 0.368 e. The molecule has 1 aliphatic rings. The molecule has 4 N–H and O–H groups in total. The van der Waals surface area contributed by atoms with E-state index < -0.39 is 0 Å². The lowest BCUT2D eigenvalue weighted by molar-refractivity contribution is 1.09. The highest BCUT2D eigenvalue weighted by Crippen LogP contribution is 2.25. The third-order valence-electron chi connectivity index (χ3n) is 2.72. The number of nitrogens with two attached hydrogens (primary N) is 1. The van der Waals surface area contributed by atoms with Crippen LogP contribution in [0.15, 0.2) is 36.4 Å². The van der Waals surface area contributed by atoms with Gasteiger partial charge in [-0.25, -0.2) is 0 Å². The van der Waals surface area contributed by atoms with Crippen molar-refractivity contribution in [3.63, 3.8) is 0 Å². The van der Waals surface area contributed by atoms with E-state index in [1.807, 2.05) is 36.4 Å². The predicted molar refractivity (Wildman–Crippen MR) is 72.8 cm³/mol. The molecule has 1 aromatic carbocycles. The van der Waals surface area contributed by atoms with Crippen LogP contribution in [0.2, 0.25) is 0 Å². The summed E-state index contributed by atoms with van der Waals surface area (Å²) in [5.74, 6) is 1.76. The number of nitrogens with one attached hydrogen (secondary N) is 2. The molecule has 0 unspecified atom stereocenters. The molecule has 0 aliphatic heterocycles. The summed E-state index contributed by atoms with van der Waals surface area (Å²) in [5, 5.41) is 6.52. The number of benzene rings is 1. The summed E-state index contributed by atoms with van der Waals surface area (Å²) in [7, 11) is 0. The van der Waals surface area contributed by atoms with Crippen molar-refractivity contribution in [2.75, 3.05) is 16.4 Å². The van der Waals surface area contributed by atoms with Crippen LogP contribution in [0, 0.1) is 0 Å². The fourth-order valence-corrected chi connectivity index (χ4v) is 1.71. The summed E-state index contributed by atoms with van der Waals surface area (Å²) in [6, 6.07) is 12.3. The van der Waals surface area contributed by atoms with Crippen LogP contribution in [0.1, 0.15) is 12.8 Å². The van der Waals surface area contributed by atoms with Gasteiger partial charge in [-0.2, -0.15) is 9.97 Å². The Morgan fingerprint density at radius 2 is 1.78 bits per heavy atom. The highest BCUT2D eigenvalue weighted by Gasteiger charge is 2.21. The molecule has 0 saturated heterocycles. The van der Waals surface area contributed by atoms with Crippen LogP contribution >= 0.6 is 0 Å². The minimum atomic E-state index is 0.277. The molecule has 5 heteroatoms. The molecule has 1 aliphatic carbocycles. The minimum absolute atomic E-state index is 0.277. The SMILES string of the molecule is Nc1nc(Nc2ccccc2)cc(NC2CC2)n1. The van der Waals surface area contributed by atoms with Gasteiger partial charge in [-0.05, 0) is 25.0 Å². The van der Waals surface area contributed by atoms with Crippen LogP contribution in [0.3, 0.4) is 0 Å². The highest BCUT2D eigenvalue weighted by atomic mass is 15.1. The molecule has 3 rings (SSSR count). The average Bonchev–Trinajstić information content (AvgIpc) is 3.13. The zero-order valence-electron chi connectivity index (χ0n) is 9.93. The molecule has 18 heavy (non-hydrogen) atoms. The average molecular weight is 241 g/mol. The van der Waals surface area contributed by atoms with E-state index in [0.717, 1.165) is 11.5 Å². The van der Waals surface area contributed by atoms with E-state index in [9.17, 15) is 0 Å². The first-order chi connectivity index (χ1) is 8.79. The lowest BCUT2D eigenvalue weighted by Gasteiger charge is -2.09. The van der Waals surface area contributed by atoms with Crippen LogP contribution in [-0.2, 0) is 0 Å². The Balaban J connectivity index is 1.80. The lowest BCUT2D eigenvalue weighted by atomic mass is 10.3. The molecule has 0 atom stereocenters. The summed E-state index contributed by atoms with van der Waals surface area (Å²) >= 11 is 0. The van der Waals surface area contributed by atoms with Crippen molar-refractivity contribution in [1.29, 1.82) is 0 Å². The molecule has 5 nitrogen and oxygen atoms in total. The van der Waals surface area contributed by atoms with Gasteiger partial charge >= 0.3 is 0 Å². The second kappa shape index (κ2) is 4.52. The van der Waals surface area contributed by atoms with Gasteiger partial charge in [0.1, 0.15) is 11.6 Å². The van der Waals surface area contributed by atoms with Gasteiger partial charge < -0.3 is 16.4 Å². The van der Waals surface area contributed by atoms with Crippen molar-refractivity contribution in [2.24, 2.45) is 0 Å². The summed E-state index contributed by atoms with van der Waals surface area (Å²) in [6.45, 7) is 0. The maximum Gasteiger partial charge on any atom is 0.223 e. The number of anilines is 4. The molecule has 1 fully saturated rings. The first kappa shape index (κ1) is 10.8. The van der Waals surface area contributed by atoms with Gasteiger partial charge in [0.25, 0.3) is 0 Å². The van der Waals surface area contributed by atoms with Crippen molar-refractivity contribution in [1.82, 2.24) is 9.97 Å². The van der Waals surface area contributed by atoms with E-state index in [4.69, 9.17) is 5.73 Å². The van der Waals surface area contributed by atoms with Crippen LogP contribution in [0.5, 0.6) is 0 Å². The third-order valence-corrected chi connectivity index (χ3v) is 2.72. The molecule has 0 amide bonds. The van der Waals surface area contributed by atoms with Crippen molar-refractivity contribution in [2.45, 2.75) is 18.9 Å². The summed E-state index contributed by atoms with van der Waals surface area (Å²) < 4.78 is 0. The monoisotopic (exact) mass is 241 g/mol. The molecule has 0 bridgehead atoms. The van der Waals surface area contributed by atoms with E-state index >= 15 is 0 Å². The zero-order valence-corrected chi connectivity index (χ0v) is 9.93. The predicted octanol–water partition coefficient (Wildman–Crippen LogP) is 2.38. The first-order valence-electron chi connectivity index (χ1n) is 6.03. The van der Waals surface area contributed by atoms with Crippen molar-refractivity contribution in [3.8, 4) is 0 Å². The van der Waals surface area contributed by atoms with E-state index in [1.54, 1.807) is 0 Å². The molecule has 1 heterocycles. The molecular weight excluding hydrogens is 226 g/mol. The maximum atomic E-state index is 5.71. The Labute approximate surface area is 105 Å².